The Balaban J connectivity index is 2.10. The van der Waals surface area contributed by atoms with E-state index in [9.17, 15) is 18.1 Å². The van der Waals surface area contributed by atoms with Crippen molar-refractivity contribution in [3.8, 4) is 6.07 Å². The zero-order valence-corrected chi connectivity index (χ0v) is 13.8. The van der Waals surface area contributed by atoms with Crippen molar-refractivity contribution < 1.29 is 17.5 Å². The van der Waals surface area contributed by atoms with Gasteiger partial charge in [-0.05, 0) is 29.8 Å². The molecule has 0 radical (unpaired) electrons. The molecular formula is C18H16FNO3S. The highest BCUT2D eigenvalue weighted by molar-refractivity contribution is 7.92. The van der Waals surface area contributed by atoms with E-state index in [1.807, 2.05) is 0 Å². The van der Waals surface area contributed by atoms with Crippen LogP contribution in [0.5, 0.6) is 0 Å². The van der Waals surface area contributed by atoms with Crippen molar-refractivity contribution in [1.82, 2.24) is 0 Å². The van der Waals surface area contributed by atoms with Crippen molar-refractivity contribution in [2.45, 2.75) is 16.1 Å². The first-order valence-corrected chi connectivity index (χ1v) is 8.96. The van der Waals surface area contributed by atoms with Gasteiger partial charge in [0.05, 0.1) is 22.8 Å². The van der Waals surface area contributed by atoms with E-state index in [0.29, 0.717) is 5.56 Å². The van der Waals surface area contributed by atoms with Gasteiger partial charge in [-0.3, -0.25) is 0 Å². The molecule has 0 unspecified atom stereocenters. The molecule has 3 rings (SSSR count). The first-order valence-electron chi connectivity index (χ1n) is 7.42. The third kappa shape index (κ3) is 2.50. The summed E-state index contributed by atoms with van der Waals surface area (Å²) in [5.74, 6) is -1.08. The van der Waals surface area contributed by atoms with Crippen molar-refractivity contribution in [3.63, 3.8) is 0 Å². The maximum absolute atomic E-state index is 13.6. The molecular weight excluding hydrogens is 329 g/mol. The summed E-state index contributed by atoms with van der Waals surface area (Å²) in [5.41, 5.74) is -0.713. The van der Waals surface area contributed by atoms with Crippen molar-refractivity contribution in [2.75, 3.05) is 13.7 Å². The lowest BCUT2D eigenvalue weighted by atomic mass is 10.0. The molecule has 24 heavy (non-hydrogen) atoms. The number of nitrogens with zero attached hydrogens (tertiary/aromatic N) is 1. The number of benzene rings is 2. The van der Waals surface area contributed by atoms with Gasteiger partial charge in [-0.1, -0.05) is 30.3 Å². The third-order valence-corrected chi connectivity index (χ3v) is 6.75. The number of methoxy groups -OCH3 is 1. The Kier molecular flexibility index (Phi) is 4.16. The first-order chi connectivity index (χ1) is 11.5. The molecule has 0 heterocycles. The molecule has 0 amide bonds. The summed E-state index contributed by atoms with van der Waals surface area (Å²) < 4.78 is 44.7. The highest BCUT2D eigenvalue weighted by Gasteiger charge is 2.72. The molecule has 1 aliphatic carbocycles. The average Bonchev–Trinajstić information content (AvgIpc) is 3.26. The molecule has 0 spiro atoms. The van der Waals surface area contributed by atoms with E-state index in [1.54, 1.807) is 24.3 Å². The van der Waals surface area contributed by atoms with E-state index in [-0.39, 0.29) is 11.5 Å². The molecule has 4 nitrogen and oxygen atoms in total. The van der Waals surface area contributed by atoms with Crippen LogP contribution in [0.25, 0.3) is 0 Å². The van der Waals surface area contributed by atoms with Crippen LogP contribution >= 0.6 is 0 Å². The summed E-state index contributed by atoms with van der Waals surface area (Å²) >= 11 is 0. The van der Waals surface area contributed by atoms with Crippen LogP contribution in [0.1, 0.15) is 11.5 Å². The highest BCUT2D eigenvalue weighted by atomic mass is 32.2. The molecule has 3 atom stereocenters. The molecule has 6 heteroatoms. The van der Waals surface area contributed by atoms with Gasteiger partial charge in [0.15, 0.2) is 9.84 Å². The summed E-state index contributed by atoms with van der Waals surface area (Å²) in [6, 6.07) is 15.9. The van der Waals surface area contributed by atoms with Crippen molar-refractivity contribution in [2.24, 2.45) is 5.41 Å². The summed E-state index contributed by atoms with van der Waals surface area (Å²) in [5, 5.41) is 8.72. The zero-order chi connectivity index (χ0) is 17.4. The van der Waals surface area contributed by atoms with Gasteiger partial charge in [0.2, 0.25) is 0 Å². The number of ether oxygens (including phenoxy) is 1. The summed E-state index contributed by atoms with van der Waals surface area (Å²) in [6.07, 6.45) is 0. The fourth-order valence-corrected chi connectivity index (χ4v) is 5.70. The summed E-state index contributed by atoms with van der Waals surface area (Å²) in [7, 11) is -2.32. The fourth-order valence-electron chi connectivity index (χ4n) is 3.37. The van der Waals surface area contributed by atoms with Gasteiger partial charge in [0, 0.05) is 13.0 Å². The number of hydrogen-bond acceptors (Lipinski definition) is 4. The van der Waals surface area contributed by atoms with Crippen molar-refractivity contribution >= 4 is 9.84 Å². The predicted octanol–water partition coefficient (Wildman–Crippen LogP) is 2.92. The SMILES string of the molecule is COC[C@]1(C#N)[C@@H](c2cccc(F)c2)[C@@H]1S(=O)(=O)c1ccccc1. The van der Waals surface area contributed by atoms with E-state index in [1.165, 1.54) is 37.4 Å². The minimum atomic E-state index is -3.74. The normalized spacial score (nSPS) is 25.9. The molecule has 1 saturated carbocycles. The van der Waals surface area contributed by atoms with Crippen LogP contribution in [0.3, 0.4) is 0 Å². The van der Waals surface area contributed by atoms with Crippen LogP contribution in [0.15, 0.2) is 59.5 Å². The van der Waals surface area contributed by atoms with E-state index in [4.69, 9.17) is 4.74 Å². The number of sulfone groups is 1. The predicted molar refractivity (Wildman–Crippen MR) is 86.5 cm³/mol. The standard InChI is InChI=1S/C18H16FNO3S/c1-23-12-18(11-20)16(13-6-5-7-14(19)10-13)17(18)24(21,22)15-8-3-2-4-9-15/h2-10,16-17H,12H2,1H3/t16-,17-,18+/m0/s1. The third-order valence-electron chi connectivity index (χ3n) is 4.46. The second-order valence-electron chi connectivity index (χ2n) is 5.90. The van der Waals surface area contributed by atoms with Crippen LogP contribution in [-0.4, -0.2) is 27.4 Å². The Morgan fingerprint density at radius 3 is 2.50 bits per heavy atom. The fraction of sp³-hybridized carbons (Fsp3) is 0.278. The maximum atomic E-state index is 13.6. The second kappa shape index (κ2) is 6.00. The van der Waals surface area contributed by atoms with Gasteiger partial charge in [-0.2, -0.15) is 5.26 Å². The molecule has 0 N–H and O–H groups in total. The van der Waals surface area contributed by atoms with Crippen molar-refractivity contribution in [1.29, 1.82) is 5.26 Å². The minimum Gasteiger partial charge on any atom is -0.383 e. The van der Waals surface area contributed by atoms with Gasteiger partial charge in [0.25, 0.3) is 0 Å². The minimum absolute atomic E-state index is 0.0264. The van der Waals surface area contributed by atoms with Crippen LogP contribution in [0.2, 0.25) is 0 Å². The van der Waals surface area contributed by atoms with Crippen molar-refractivity contribution in [3.05, 3.63) is 66.0 Å². The number of hydrogen-bond donors (Lipinski definition) is 0. The molecule has 1 aliphatic rings. The van der Waals surface area contributed by atoms with E-state index in [0.717, 1.165) is 0 Å². The van der Waals surface area contributed by atoms with Gasteiger partial charge in [-0.15, -0.1) is 0 Å². The molecule has 124 valence electrons. The van der Waals surface area contributed by atoms with Crippen LogP contribution in [-0.2, 0) is 14.6 Å². The monoisotopic (exact) mass is 345 g/mol. The molecule has 2 aromatic rings. The van der Waals surface area contributed by atoms with Gasteiger partial charge < -0.3 is 4.74 Å². The molecule has 0 aliphatic heterocycles. The topological polar surface area (TPSA) is 67.2 Å². The lowest BCUT2D eigenvalue weighted by Crippen LogP contribution is -2.19. The van der Waals surface area contributed by atoms with Crippen LogP contribution in [0.4, 0.5) is 4.39 Å². The molecule has 0 saturated heterocycles. The Labute approximate surface area is 140 Å². The summed E-state index contributed by atoms with van der Waals surface area (Å²) in [6.45, 7) is -0.0264. The zero-order valence-electron chi connectivity index (χ0n) is 13.0. The molecule has 2 aromatic carbocycles. The van der Waals surface area contributed by atoms with Gasteiger partial charge in [0.1, 0.15) is 11.2 Å². The van der Waals surface area contributed by atoms with E-state index in [2.05, 4.69) is 6.07 Å². The van der Waals surface area contributed by atoms with Crippen LogP contribution in [0, 0.1) is 22.6 Å². The quantitative estimate of drug-likeness (QED) is 0.836. The molecule has 1 fully saturated rings. The number of nitriles is 1. The Morgan fingerprint density at radius 1 is 1.21 bits per heavy atom. The molecule has 0 bridgehead atoms. The summed E-state index contributed by atoms with van der Waals surface area (Å²) in [4.78, 5) is 0.157. The highest BCUT2D eigenvalue weighted by Crippen LogP contribution is 2.63. The maximum Gasteiger partial charge on any atom is 0.183 e. The largest absolute Gasteiger partial charge is 0.383 e. The average molecular weight is 345 g/mol. The second-order valence-corrected chi connectivity index (χ2v) is 7.97. The lowest BCUT2D eigenvalue weighted by molar-refractivity contribution is 0.162. The lowest BCUT2D eigenvalue weighted by Gasteiger charge is -2.08. The molecule has 0 aromatic heterocycles. The Bertz CT molecular complexity index is 892. The van der Waals surface area contributed by atoms with E-state index < -0.39 is 32.2 Å². The van der Waals surface area contributed by atoms with E-state index >= 15 is 0 Å². The Hall–Kier alpha value is -2.23. The number of halogens is 1. The number of rotatable bonds is 5. The van der Waals surface area contributed by atoms with Gasteiger partial charge in [-0.25, -0.2) is 12.8 Å². The van der Waals surface area contributed by atoms with Crippen LogP contribution < -0.4 is 0 Å². The smallest absolute Gasteiger partial charge is 0.183 e. The Morgan fingerprint density at radius 2 is 1.92 bits per heavy atom. The van der Waals surface area contributed by atoms with Gasteiger partial charge >= 0.3 is 0 Å². The first kappa shape index (κ1) is 16.6.